The number of benzene rings is 1. The molecule has 4 aliphatic rings. The number of hydrogen-bond acceptors (Lipinski definition) is 1. The van der Waals surface area contributed by atoms with Crippen LogP contribution < -0.4 is 10.6 Å². The number of rotatable bonds is 4. The van der Waals surface area contributed by atoms with Crippen LogP contribution in [0.5, 0.6) is 0 Å². The van der Waals surface area contributed by atoms with Gasteiger partial charge in [-0.3, -0.25) is 0 Å². The van der Waals surface area contributed by atoms with E-state index in [-0.39, 0.29) is 5.54 Å². The summed E-state index contributed by atoms with van der Waals surface area (Å²) < 4.78 is 0. The van der Waals surface area contributed by atoms with Crippen molar-refractivity contribution in [3.8, 4) is 0 Å². The van der Waals surface area contributed by atoms with Crippen LogP contribution in [0.25, 0.3) is 0 Å². The molecule has 5 rings (SSSR count). The summed E-state index contributed by atoms with van der Waals surface area (Å²) in [6, 6.07) is 6.60. The number of thiocarbonyl (C=S) groups is 1. The molecule has 4 fully saturated rings. The van der Waals surface area contributed by atoms with Gasteiger partial charge in [0.2, 0.25) is 0 Å². The number of aryl methyl sites for hydroxylation is 2. The molecule has 0 saturated heterocycles. The van der Waals surface area contributed by atoms with Crippen LogP contribution in [0.2, 0.25) is 0 Å². The molecule has 4 aliphatic carbocycles. The molecule has 0 spiro atoms. The first-order chi connectivity index (χ1) is 11.6. The van der Waals surface area contributed by atoms with Crippen LogP contribution in [0.3, 0.4) is 0 Å². The fraction of sp³-hybridized carbons (Fsp3) is 0.667. The van der Waals surface area contributed by atoms with Gasteiger partial charge in [0.15, 0.2) is 5.11 Å². The molecule has 2 nitrogen and oxygen atoms in total. The second kappa shape index (κ2) is 6.33. The van der Waals surface area contributed by atoms with E-state index in [1.54, 1.807) is 0 Å². The van der Waals surface area contributed by atoms with Gasteiger partial charge < -0.3 is 10.6 Å². The van der Waals surface area contributed by atoms with E-state index < -0.39 is 0 Å². The summed E-state index contributed by atoms with van der Waals surface area (Å²) in [5.41, 5.74) is 4.25. The lowest BCUT2D eigenvalue weighted by molar-refractivity contribution is -0.00972. The summed E-state index contributed by atoms with van der Waals surface area (Å²) >= 11 is 5.76. The van der Waals surface area contributed by atoms with Gasteiger partial charge in [0.25, 0.3) is 0 Å². The van der Waals surface area contributed by atoms with Crippen LogP contribution in [-0.4, -0.2) is 10.7 Å². The van der Waals surface area contributed by atoms with E-state index in [1.165, 1.54) is 55.3 Å². The third-order valence-electron chi connectivity index (χ3n) is 6.65. The van der Waals surface area contributed by atoms with Gasteiger partial charge in [0.05, 0.1) is 0 Å². The van der Waals surface area contributed by atoms with Crippen LogP contribution in [0.15, 0.2) is 18.2 Å². The van der Waals surface area contributed by atoms with Gasteiger partial charge in [-0.05, 0) is 92.5 Å². The van der Waals surface area contributed by atoms with Crippen molar-refractivity contribution in [2.24, 2.45) is 17.8 Å². The van der Waals surface area contributed by atoms with Crippen LogP contribution in [0, 0.1) is 17.8 Å². The fourth-order valence-corrected chi connectivity index (χ4v) is 6.37. The van der Waals surface area contributed by atoms with Gasteiger partial charge in [-0.1, -0.05) is 32.0 Å². The predicted octanol–water partition coefficient (Wildman–Crippen LogP) is 5.07. The first kappa shape index (κ1) is 16.4. The smallest absolute Gasteiger partial charge is 0.171 e. The maximum absolute atomic E-state index is 5.76. The topological polar surface area (TPSA) is 24.1 Å². The Morgan fingerprint density at radius 3 is 1.96 bits per heavy atom. The second-order valence-electron chi connectivity index (χ2n) is 8.44. The zero-order valence-electron chi connectivity index (χ0n) is 15.0. The summed E-state index contributed by atoms with van der Waals surface area (Å²) in [7, 11) is 0. The van der Waals surface area contributed by atoms with E-state index in [0.717, 1.165) is 35.7 Å². The Balaban J connectivity index is 1.50. The quantitative estimate of drug-likeness (QED) is 0.747. The molecule has 3 heteroatoms. The average Bonchev–Trinajstić information content (AvgIpc) is 2.53. The predicted molar refractivity (Wildman–Crippen MR) is 105 cm³/mol. The first-order valence-electron chi connectivity index (χ1n) is 9.80. The van der Waals surface area contributed by atoms with Gasteiger partial charge in [-0.15, -0.1) is 0 Å². The van der Waals surface area contributed by atoms with Crippen molar-refractivity contribution < 1.29 is 0 Å². The molecule has 0 aromatic heterocycles. The minimum Gasteiger partial charge on any atom is -0.357 e. The largest absolute Gasteiger partial charge is 0.357 e. The Kier molecular flexibility index (Phi) is 4.32. The second-order valence-corrected chi connectivity index (χ2v) is 8.84. The zero-order valence-corrected chi connectivity index (χ0v) is 15.8. The first-order valence-corrected chi connectivity index (χ1v) is 10.2. The lowest BCUT2D eigenvalue weighted by Crippen LogP contribution is -2.60. The Morgan fingerprint density at radius 2 is 1.50 bits per heavy atom. The molecule has 0 amide bonds. The van der Waals surface area contributed by atoms with Gasteiger partial charge in [-0.2, -0.15) is 0 Å². The number of para-hydroxylation sites is 1. The van der Waals surface area contributed by atoms with Crippen molar-refractivity contribution in [3.05, 3.63) is 29.3 Å². The van der Waals surface area contributed by atoms with Gasteiger partial charge >= 0.3 is 0 Å². The minimum absolute atomic E-state index is 0.284. The Morgan fingerprint density at radius 1 is 1.00 bits per heavy atom. The van der Waals surface area contributed by atoms with Crippen molar-refractivity contribution in [2.75, 3.05) is 5.32 Å². The van der Waals surface area contributed by atoms with Crippen molar-refractivity contribution in [2.45, 2.75) is 70.8 Å². The molecule has 0 radical (unpaired) electrons. The molecular weight excluding hydrogens is 312 g/mol. The maximum atomic E-state index is 5.76. The zero-order chi connectivity index (χ0) is 16.7. The van der Waals surface area contributed by atoms with Gasteiger partial charge in [0, 0.05) is 11.2 Å². The number of nitrogens with one attached hydrogen (secondary N) is 2. The van der Waals surface area contributed by atoms with Crippen LogP contribution in [0.1, 0.15) is 63.5 Å². The number of hydrogen-bond donors (Lipinski definition) is 2. The van der Waals surface area contributed by atoms with Crippen LogP contribution >= 0.6 is 12.2 Å². The molecular formula is C21H30N2S. The van der Waals surface area contributed by atoms with Crippen molar-refractivity contribution in [1.82, 2.24) is 5.32 Å². The fourth-order valence-electron chi connectivity index (χ4n) is 6.05. The molecule has 0 aliphatic heterocycles. The van der Waals surface area contributed by atoms with Crippen LogP contribution in [0.4, 0.5) is 5.69 Å². The lowest BCUT2D eigenvalue weighted by atomic mass is 9.53. The molecule has 1 aromatic rings. The van der Waals surface area contributed by atoms with Gasteiger partial charge in [-0.25, -0.2) is 0 Å². The SMILES string of the molecule is CCc1cccc(CC)c1NC(=S)NC12CC3CC(CC(C3)C1)C2. The average molecular weight is 343 g/mol. The molecule has 4 bridgehead atoms. The molecule has 24 heavy (non-hydrogen) atoms. The van der Waals surface area contributed by atoms with E-state index in [0.29, 0.717) is 0 Å². The Hall–Kier alpha value is -1.09. The molecule has 0 heterocycles. The maximum Gasteiger partial charge on any atom is 0.171 e. The lowest BCUT2D eigenvalue weighted by Gasteiger charge is -2.57. The van der Waals surface area contributed by atoms with Gasteiger partial charge in [0.1, 0.15) is 0 Å². The highest BCUT2D eigenvalue weighted by molar-refractivity contribution is 7.80. The van der Waals surface area contributed by atoms with E-state index in [9.17, 15) is 0 Å². The minimum atomic E-state index is 0.284. The van der Waals surface area contributed by atoms with E-state index in [2.05, 4.69) is 42.7 Å². The van der Waals surface area contributed by atoms with E-state index in [4.69, 9.17) is 12.2 Å². The molecule has 130 valence electrons. The number of anilines is 1. The highest BCUT2D eigenvalue weighted by Crippen LogP contribution is 2.55. The molecule has 4 saturated carbocycles. The highest BCUT2D eigenvalue weighted by atomic mass is 32.1. The Labute approximate surface area is 151 Å². The summed E-state index contributed by atoms with van der Waals surface area (Å²) in [4.78, 5) is 0. The summed E-state index contributed by atoms with van der Waals surface area (Å²) in [6.07, 6.45) is 10.5. The molecule has 0 atom stereocenters. The monoisotopic (exact) mass is 342 g/mol. The van der Waals surface area contributed by atoms with Crippen molar-refractivity contribution >= 4 is 23.0 Å². The summed E-state index contributed by atoms with van der Waals surface area (Å²) in [5, 5.41) is 8.21. The third kappa shape index (κ3) is 2.96. The molecule has 1 aromatic carbocycles. The molecule has 2 N–H and O–H groups in total. The highest BCUT2D eigenvalue weighted by Gasteiger charge is 2.51. The van der Waals surface area contributed by atoms with E-state index >= 15 is 0 Å². The van der Waals surface area contributed by atoms with Crippen molar-refractivity contribution in [3.63, 3.8) is 0 Å². The Bertz CT molecular complexity index is 579. The van der Waals surface area contributed by atoms with Crippen LogP contribution in [-0.2, 0) is 12.8 Å². The standard InChI is InChI=1S/C21H30N2S/c1-3-17-6-5-7-18(4-2)19(17)22-20(24)23-21-11-14-8-15(12-21)10-16(9-14)13-21/h5-7,14-16H,3-4,8-13H2,1-2H3,(H2,22,23,24). The van der Waals surface area contributed by atoms with Crippen molar-refractivity contribution in [1.29, 1.82) is 0 Å². The third-order valence-corrected chi connectivity index (χ3v) is 6.86. The normalized spacial score (nSPS) is 33.5. The van der Waals surface area contributed by atoms with E-state index in [1.807, 2.05) is 0 Å². The summed E-state index contributed by atoms with van der Waals surface area (Å²) in [5.74, 6) is 2.84. The molecule has 0 unspecified atom stereocenters. The summed E-state index contributed by atoms with van der Waals surface area (Å²) in [6.45, 7) is 4.44.